The van der Waals surface area contributed by atoms with E-state index < -0.39 is 54.6 Å². The number of amides is 2. The van der Waals surface area contributed by atoms with Crippen molar-refractivity contribution in [3.8, 4) is 11.5 Å². The number of ether oxygens (including phenoxy) is 2. The first kappa shape index (κ1) is 25.0. The third-order valence-electron chi connectivity index (χ3n) is 6.33. The maximum atomic E-state index is 13.4. The molecule has 12 heteroatoms. The third kappa shape index (κ3) is 4.85. The Morgan fingerprint density at radius 3 is 2.60 bits per heavy atom. The van der Waals surface area contributed by atoms with Gasteiger partial charge in [-0.3, -0.25) is 14.4 Å². The van der Waals surface area contributed by atoms with Gasteiger partial charge in [-0.1, -0.05) is 0 Å². The summed E-state index contributed by atoms with van der Waals surface area (Å²) in [5, 5.41) is 22.8. The molecule has 4 atom stereocenters. The predicted molar refractivity (Wildman–Crippen MR) is 114 cm³/mol. The number of carbonyl (C=O) groups is 3. The predicted octanol–water partition coefficient (Wildman–Crippen LogP) is 0.931. The van der Waals surface area contributed by atoms with Gasteiger partial charge in [-0.05, 0) is 31.1 Å². The van der Waals surface area contributed by atoms with Crippen LogP contribution in [0.25, 0.3) is 0 Å². The Bertz CT molecular complexity index is 1050. The summed E-state index contributed by atoms with van der Waals surface area (Å²) in [6.45, 7) is -2.11. The average molecular weight is 498 g/mol. The minimum atomic E-state index is -4.74. The van der Waals surface area contributed by atoms with Crippen molar-refractivity contribution in [1.29, 1.82) is 0 Å². The van der Waals surface area contributed by atoms with Crippen LogP contribution in [0.5, 0.6) is 11.5 Å². The second kappa shape index (κ2) is 9.50. The average Bonchev–Trinajstić information content (AvgIpc) is 3.60. The zero-order valence-corrected chi connectivity index (χ0v) is 18.7. The summed E-state index contributed by atoms with van der Waals surface area (Å²) in [4.78, 5) is 37.9. The lowest BCUT2D eigenvalue weighted by Crippen LogP contribution is -2.57. The summed E-state index contributed by atoms with van der Waals surface area (Å²) in [5.74, 6) is -2.69. The largest absolute Gasteiger partial charge is 0.493 e. The van der Waals surface area contributed by atoms with Crippen LogP contribution in [-0.2, 0) is 9.59 Å². The lowest BCUT2D eigenvalue weighted by atomic mass is 9.77. The molecule has 2 aliphatic carbocycles. The molecule has 1 aromatic carbocycles. The number of carbonyl (C=O) groups excluding carboxylic acids is 3. The molecule has 4 unspecified atom stereocenters. The monoisotopic (exact) mass is 498 g/mol. The molecule has 3 N–H and O–H groups in total. The van der Waals surface area contributed by atoms with E-state index in [1.54, 1.807) is 0 Å². The summed E-state index contributed by atoms with van der Waals surface area (Å²) in [5.41, 5.74) is 0.507. The Morgan fingerprint density at radius 1 is 1.31 bits per heavy atom. The van der Waals surface area contributed by atoms with Crippen LogP contribution < -0.4 is 14.8 Å². The first-order valence-electron chi connectivity index (χ1n) is 11.1. The molecule has 1 aromatic rings. The van der Waals surface area contributed by atoms with Crippen LogP contribution in [-0.4, -0.2) is 84.4 Å². The van der Waals surface area contributed by atoms with E-state index in [4.69, 9.17) is 14.6 Å². The summed E-state index contributed by atoms with van der Waals surface area (Å²) in [6.07, 6.45) is -4.97. The number of aliphatic hydroxyl groups excluding tert-OH is 2. The molecule has 35 heavy (non-hydrogen) atoms. The Labute approximate surface area is 198 Å². The van der Waals surface area contributed by atoms with Crippen molar-refractivity contribution in [2.75, 3.05) is 26.8 Å². The van der Waals surface area contributed by atoms with Gasteiger partial charge in [0.25, 0.3) is 0 Å². The molecule has 1 heterocycles. The molecule has 2 amide bonds. The Balaban J connectivity index is 1.82. The standard InChI is InChI=1S/C23H25F3N2O7/c1-34-16-7-11(9-30)6-13-17-14(21(32)27-4-5-29)8-15(18(31)20(17)35-19(13)16)28(10-23(24,25)26)22(33)12-2-3-12/h6-9,12,15,17-18,20,29,31H,2-5,10H2,1H3,(H,27,32). The van der Waals surface area contributed by atoms with Crippen LogP contribution in [0, 0.1) is 5.92 Å². The molecule has 0 spiro atoms. The molecule has 9 nitrogen and oxygen atoms in total. The minimum Gasteiger partial charge on any atom is -0.493 e. The van der Waals surface area contributed by atoms with Crippen molar-refractivity contribution in [3.05, 3.63) is 34.9 Å². The number of alkyl halides is 3. The van der Waals surface area contributed by atoms with Crippen LogP contribution in [0.3, 0.4) is 0 Å². The second-order valence-corrected chi connectivity index (χ2v) is 8.76. The van der Waals surface area contributed by atoms with E-state index in [0.717, 1.165) is 6.08 Å². The van der Waals surface area contributed by atoms with Gasteiger partial charge in [-0.15, -0.1) is 0 Å². The van der Waals surface area contributed by atoms with Gasteiger partial charge in [-0.25, -0.2) is 0 Å². The van der Waals surface area contributed by atoms with Crippen molar-refractivity contribution in [3.63, 3.8) is 0 Å². The van der Waals surface area contributed by atoms with Crippen molar-refractivity contribution in [1.82, 2.24) is 10.2 Å². The lowest BCUT2D eigenvalue weighted by molar-refractivity contribution is -0.171. The SMILES string of the molecule is COc1cc(C=O)cc2c1OC1C2C(C(=O)NCCO)=CC(N(CC(F)(F)F)C(=O)C2CC2)C1O. The molecule has 1 aliphatic heterocycles. The van der Waals surface area contributed by atoms with Gasteiger partial charge in [0.15, 0.2) is 11.5 Å². The maximum absolute atomic E-state index is 13.4. The fraction of sp³-hybridized carbons (Fsp3) is 0.522. The van der Waals surface area contributed by atoms with E-state index >= 15 is 0 Å². The third-order valence-corrected chi connectivity index (χ3v) is 6.33. The molecule has 0 radical (unpaired) electrons. The highest BCUT2D eigenvalue weighted by atomic mass is 19.4. The number of halogens is 3. The van der Waals surface area contributed by atoms with E-state index in [1.165, 1.54) is 19.2 Å². The van der Waals surface area contributed by atoms with Crippen molar-refractivity contribution < 1.29 is 47.2 Å². The summed E-state index contributed by atoms with van der Waals surface area (Å²) >= 11 is 0. The zero-order chi connectivity index (χ0) is 25.5. The number of rotatable bonds is 8. The molecular formula is C23H25F3N2O7. The van der Waals surface area contributed by atoms with E-state index in [1.807, 2.05) is 0 Å². The minimum absolute atomic E-state index is 0.0432. The quantitative estimate of drug-likeness (QED) is 0.456. The molecular weight excluding hydrogens is 473 g/mol. The van der Waals surface area contributed by atoms with Crippen molar-refractivity contribution in [2.24, 2.45) is 5.92 Å². The number of aliphatic hydroxyl groups is 2. The first-order chi connectivity index (χ1) is 16.6. The molecule has 0 aromatic heterocycles. The van der Waals surface area contributed by atoms with Gasteiger partial charge in [0.2, 0.25) is 11.8 Å². The van der Waals surface area contributed by atoms with Gasteiger partial charge in [0.1, 0.15) is 25.0 Å². The highest BCUT2D eigenvalue weighted by Gasteiger charge is 2.53. The van der Waals surface area contributed by atoms with Crippen LogP contribution in [0.4, 0.5) is 13.2 Å². The molecule has 3 aliphatic rings. The van der Waals surface area contributed by atoms with Gasteiger partial charge in [-0.2, -0.15) is 13.2 Å². The van der Waals surface area contributed by atoms with Crippen LogP contribution in [0.1, 0.15) is 34.7 Å². The Morgan fingerprint density at radius 2 is 2.03 bits per heavy atom. The lowest BCUT2D eigenvalue weighted by Gasteiger charge is -2.41. The number of methoxy groups -OCH3 is 1. The van der Waals surface area contributed by atoms with Gasteiger partial charge < -0.3 is 29.9 Å². The van der Waals surface area contributed by atoms with Gasteiger partial charge >= 0.3 is 6.18 Å². The van der Waals surface area contributed by atoms with Crippen LogP contribution >= 0.6 is 0 Å². The van der Waals surface area contributed by atoms with Crippen LogP contribution in [0.2, 0.25) is 0 Å². The maximum Gasteiger partial charge on any atom is 0.406 e. The number of aldehydes is 1. The smallest absolute Gasteiger partial charge is 0.406 e. The summed E-state index contributed by atoms with van der Waals surface area (Å²) in [7, 11) is 1.33. The normalized spacial score (nSPS) is 25.0. The number of nitrogens with zero attached hydrogens (tertiary/aromatic N) is 1. The zero-order valence-electron chi connectivity index (χ0n) is 18.7. The highest BCUT2D eigenvalue weighted by Crippen LogP contribution is 2.51. The first-order valence-corrected chi connectivity index (χ1v) is 11.1. The highest BCUT2D eigenvalue weighted by molar-refractivity contribution is 5.96. The van der Waals surface area contributed by atoms with Gasteiger partial charge in [0, 0.05) is 29.2 Å². The molecule has 0 bridgehead atoms. The van der Waals surface area contributed by atoms with E-state index in [-0.39, 0.29) is 35.8 Å². The van der Waals surface area contributed by atoms with Crippen molar-refractivity contribution >= 4 is 18.1 Å². The molecule has 1 saturated carbocycles. The van der Waals surface area contributed by atoms with E-state index in [2.05, 4.69) is 5.32 Å². The van der Waals surface area contributed by atoms with Crippen LogP contribution in [0.15, 0.2) is 23.8 Å². The Kier molecular flexibility index (Phi) is 6.78. The van der Waals surface area contributed by atoms with Crippen molar-refractivity contribution in [2.45, 2.75) is 43.2 Å². The topological polar surface area (TPSA) is 125 Å². The van der Waals surface area contributed by atoms with E-state index in [9.17, 15) is 32.7 Å². The summed E-state index contributed by atoms with van der Waals surface area (Å²) in [6, 6.07) is 1.36. The number of hydrogen-bond donors (Lipinski definition) is 3. The molecule has 4 rings (SSSR count). The van der Waals surface area contributed by atoms with Gasteiger partial charge in [0.05, 0.1) is 25.7 Å². The molecule has 190 valence electrons. The molecule has 1 fully saturated rings. The number of hydrogen-bond acceptors (Lipinski definition) is 7. The fourth-order valence-corrected chi connectivity index (χ4v) is 4.65. The number of fused-ring (bicyclic) bond motifs is 3. The fourth-order valence-electron chi connectivity index (χ4n) is 4.65. The summed E-state index contributed by atoms with van der Waals surface area (Å²) < 4.78 is 51.5. The number of benzene rings is 1. The molecule has 0 saturated heterocycles. The van der Waals surface area contributed by atoms with E-state index in [0.29, 0.717) is 29.6 Å². The number of nitrogens with one attached hydrogen (secondary N) is 1. The second-order valence-electron chi connectivity index (χ2n) is 8.76. The Hall–Kier alpha value is -3.12.